The summed E-state index contributed by atoms with van der Waals surface area (Å²) in [7, 11) is 0. The Morgan fingerprint density at radius 3 is 2.50 bits per heavy atom. The second kappa shape index (κ2) is 4.97. The summed E-state index contributed by atoms with van der Waals surface area (Å²) in [6, 6.07) is 1.33. The molecule has 18 heavy (non-hydrogen) atoms. The maximum Gasteiger partial charge on any atom is 0.0570 e. The number of allylic oxidation sites excluding steroid dienone is 1. The Hall–Kier alpha value is -0.340. The third-order valence-electron chi connectivity index (χ3n) is 5.63. The molecule has 3 rings (SSSR count). The van der Waals surface area contributed by atoms with Gasteiger partial charge < -0.3 is 5.11 Å². The van der Waals surface area contributed by atoms with Crippen LogP contribution in [0.4, 0.5) is 0 Å². The highest BCUT2D eigenvalue weighted by Gasteiger charge is 2.41. The second-order valence-corrected chi connectivity index (χ2v) is 6.82. The van der Waals surface area contributed by atoms with Gasteiger partial charge in [-0.05, 0) is 57.3 Å². The minimum absolute atomic E-state index is 0.0285. The third-order valence-corrected chi connectivity index (χ3v) is 5.63. The molecular formula is C16H27NO. The lowest BCUT2D eigenvalue weighted by atomic mass is 9.79. The first-order valence-corrected chi connectivity index (χ1v) is 7.75. The number of hydrogen-bond donors (Lipinski definition) is 1. The number of aliphatic hydroxyl groups is 1. The summed E-state index contributed by atoms with van der Waals surface area (Å²) < 4.78 is 0. The van der Waals surface area contributed by atoms with Crippen molar-refractivity contribution >= 4 is 0 Å². The lowest BCUT2D eigenvalue weighted by Gasteiger charge is -2.41. The van der Waals surface area contributed by atoms with E-state index in [1.165, 1.54) is 32.2 Å². The highest BCUT2D eigenvalue weighted by Crippen LogP contribution is 2.39. The largest absolute Gasteiger partial charge is 0.393 e. The van der Waals surface area contributed by atoms with E-state index in [1.54, 1.807) is 5.57 Å². The molecule has 0 unspecified atom stereocenters. The Morgan fingerprint density at radius 1 is 1.22 bits per heavy atom. The van der Waals surface area contributed by atoms with Crippen LogP contribution in [0.2, 0.25) is 0 Å². The van der Waals surface area contributed by atoms with Gasteiger partial charge in [-0.3, -0.25) is 4.90 Å². The van der Waals surface area contributed by atoms with Crippen molar-refractivity contribution in [1.29, 1.82) is 0 Å². The Labute approximate surface area is 111 Å². The first-order chi connectivity index (χ1) is 8.65. The molecule has 2 bridgehead atoms. The Bertz CT molecular complexity index is 324. The highest BCUT2D eigenvalue weighted by atomic mass is 16.3. The predicted molar refractivity (Wildman–Crippen MR) is 74.4 cm³/mol. The second-order valence-electron chi connectivity index (χ2n) is 6.82. The minimum atomic E-state index is -0.0285. The van der Waals surface area contributed by atoms with E-state index in [1.807, 2.05) is 0 Å². The fourth-order valence-electron chi connectivity index (χ4n) is 4.47. The zero-order valence-electron chi connectivity index (χ0n) is 11.8. The summed E-state index contributed by atoms with van der Waals surface area (Å²) in [5.41, 5.74) is 1.61. The maximum atomic E-state index is 9.88. The monoisotopic (exact) mass is 249 g/mol. The molecular weight excluding hydrogens is 222 g/mol. The zero-order chi connectivity index (χ0) is 12.7. The number of fused-ring (bicyclic) bond motifs is 2. The van der Waals surface area contributed by atoms with Gasteiger partial charge in [-0.25, -0.2) is 0 Å². The predicted octanol–water partition coefficient (Wildman–Crippen LogP) is 2.97. The summed E-state index contributed by atoms with van der Waals surface area (Å²) in [6.45, 7) is 5.98. The smallest absolute Gasteiger partial charge is 0.0570 e. The van der Waals surface area contributed by atoms with Gasteiger partial charge in [-0.2, -0.15) is 0 Å². The van der Waals surface area contributed by atoms with Gasteiger partial charge in [0.15, 0.2) is 0 Å². The lowest BCUT2D eigenvalue weighted by molar-refractivity contribution is 0.0247. The third kappa shape index (κ3) is 2.25. The van der Waals surface area contributed by atoms with Gasteiger partial charge >= 0.3 is 0 Å². The fraction of sp³-hybridized carbons (Fsp3) is 0.875. The van der Waals surface area contributed by atoms with Crippen molar-refractivity contribution in [2.24, 2.45) is 11.8 Å². The average Bonchev–Trinajstić information content (AvgIpc) is 2.56. The molecule has 0 saturated carbocycles. The number of rotatable bonds is 2. The van der Waals surface area contributed by atoms with Crippen molar-refractivity contribution in [2.75, 3.05) is 6.54 Å². The molecule has 2 aliphatic heterocycles. The van der Waals surface area contributed by atoms with Crippen molar-refractivity contribution in [2.45, 2.75) is 70.6 Å². The molecule has 0 aromatic heterocycles. The summed E-state index contributed by atoms with van der Waals surface area (Å²) in [6.07, 6.45) is 9.70. The van der Waals surface area contributed by atoms with Crippen LogP contribution in [0.1, 0.15) is 52.4 Å². The molecule has 0 aromatic rings. The lowest BCUT2D eigenvalue weighted by Crippen LogP contribution is -2.47. The number of hydrogen-bond acceptors (Lipinski definition) is 2. The SMILES string of the molecule is CC1=CCC[C@@H](C)[C@@H]1CN1[C@H]2CC[C@H]1CC(O)C2. The molecule has 2 heterocycles. The van der Waals surface area contributed by atoms with Crippen molar-refractivity contribution in [3.8, 4) is 0 Å². The Balaban J connectivity index is 1.69. The molecule has 1 N–H and O–H groups in total. The van der Waals surface area contributed by atoms with Crippen LogP contribution in [-0.4, -0.2) is 34.7 Å². The molecule has 2 saturated heterocycles. The topological polar surface area (TPSA) is 23.5 Å². The van der Waals surface area contributed by atoms with Crippen LogP contribution in [0.15, 0.2) is 11.6 Å². The number of piperidine rings is 1. The summed E-state index contributed by atoms with van der Waals surface area (Å²) >= 11 is 0. The zero-order valence-corrected chi connectivity index (χ0v) is 11.8. The number of aliphatic hydroxyl groups excluding tert-OH is 1. The molecule has 2 nitrogen and oxygen atoms in total. The molecule has 4 atom stereocenters. The van der Waals surface area contributed by atoms with Gasteiger partial charge in [-0.15, -0.1) is 0 Å². The molecule has 0 aromatic carbocycles. The Kier molecular flexibility index (Phi) is 3.50. The van der Waals surface area contributed by atoms with Crippen LogP contribution in [-0.2, 0) is 0 Å². The van der Waals surface area contributed by atoms with E-state index >= 15 is 0 Å². The molecule has 0 radical (unpaired) electrons. The average molecular weight is 249 g/mol. The van der Waals surface area contributed by atoms with E-state index in [0.717, 1.165) is 24.7 Å². The molecule has 1 aliphatic carbocycles. The first kappa shape index (κ1) is 12.7. The quantitative estimate of drug-likeness (QED) is 0.761. The van der Waals surface area contributed by atoms with Crippen molar-refractivity contribution < 1.29 is 5.11 Å². The van der Waals surface area contributed by atoms with E-state index < -0.39 is 0 Å². The molecule has 2 fully saturated rings. The van der Waals surface area contributed by atoms with Crippen LogP contribution in [0.5, 0.6) is 0 Å². The minimum Gasteiger partial charge on any atom is -0.393 e. The normalized spacial score (nSPS) is 45.1. The molecule has 2 heteroatoms. The fourth-order valence-corrected chi connectivity index (χ4v) is 4.47. The standard InChI is InChI=1S/C16H27NO/c1-11-4-3-5-12(2)16(11)10-17-13-6-7-14(17)9-15(18)8-13/h4,12-16,18H,3,5-10H2,1-2H3/t12-,13+,14+,16-/m1/s1. The first-order valence-electron chi connectivity index (χ1n) is 7.75. The molecule has 102 valence electrons. The van der Waals surface area contributed by atoms with Crippen LogP contribution < -0.4 is 0 Å². The Morgan fingerprint density at radius 2 is 1.89 bits per heavy atom. The van der Waals surface area contributed by atoms with Crippen LogP contribution in [0, 0.1) is 11.8 Å². The summed E-state index contributed by atoms with van der Waals surface area (Å²) in [5, 5.41) is 9.88. The molecule has 3 aliphatic rings. The van der Waals surface area contributed by atoms with Gasteiger partial charge in [0.2, 0.25) is 0 Å². The van der Waals surface area contributed by atoms with Crippen LogP contribution >= 0.6 is 0 Å². The van der Waals surface area contributed by atoms with Gasteiger partial charge in [0.25, 0.3) is 0 Å². The van der Waals surface area contributed by atoms with E-state index in [9.17, 15) is 5.11 Å². The molecule has 0 amide bonds. The van der Waals surface area contributed by atoms with Crippen molar-refractivity contribution in [3.05, 3.63) is 11.6 Å². The number of nitrogens with zero attached hydrogens (tertiary/aromatic N) is 1. The maximum absolute atomic E-state index is 9.88. The van der Waals surface area contributed by atoms with Gasteiger partial charge in [0.05, 0.1) is 6.10 Å². The van der Waals surface area contributed by atoms with Crippen molar-refractivity contribution in [1.82, 2.24) is 4.90 Å². The van der Waals surface area contributed by atoms with Gasteiger partial charge in [0, 0.05) is 18.6 Å². The van der Waals surface area contributed by atoms with E-state index in [0.29, 0.717) is 12.1 Å². The van der Waals surface area contributed by atoms with E-state index in [2.05, 4.69) is 24.8 Å². The van der Waals surface area contributed by atoms with E-state index in [-0.39, 0.29) is 6.10 Å². The summed E-state index contributed by atoms with van der Waals surface area (Å²) in [4.78, 5) is 2.73. The molecule has 0 spiro atoms. The highest BCUT2D eigenvalue weighted by molar-refractivity contribution is 5.10. The van der Waals surface area contributed by atoms with Crippen molar-refractivity contribution in [3.63, 3.8) is 0 Å². The van der Waals surface area contributed by atoms with Gasteiger partial charge in [0.1, 0.15) is 0 Å². The van der Waals surface area contributed by atoms with E-state index in [4.69, 9.17) is 0 Å². The van der Waals surface area contributed by atoms with Crippen LogP contribution in [0.3, 0.4) is 0 Å². The van der Waals surface area contributed by atoms with Gasteiger partial charge in [-0.1, -0.05) is 18.6 Å². The summed E-state index contributed by atoms with van der Waals surface area (Å²) in [5.74, 6) is 1.60. The van der Waals surface area contributed by atoms with Crippen LogP contribution in [0.25, 0.3) is 0 Å².